The lowest BCUT2D eigenvalue weighted by atomic mass is 10.2. The van der Waals surface area contributed by atoms with Crippen molar-refractivity contribution >= 4 is 66.6 Å². The first-order valence-corrected chi connectivity index (χ1v) is 11.4. The highest BCUT2D eigenvalue weighted by Gasteiger charge is 2.21. The van der Waals surface area contributed by atoms with Gasteiger partial charge in [-0.15, -0.1) is 0 Å². The average molecular weight is 524 g/mol. The molecule has 0 aliphatic rings. The van der Waals surface area contributed by atoms with Crippen molar-refractivity contribution in [3.05, 3.63) is 72.8 Å². The Labute approximate surface area is 186 Å². The number of nitrogens with one attached hydrogen (secondary N) is 1. The number of hydrogen-bond acceptors (Lipinski definition) is 3. The molecule has 3 aromatic rings. The lowest BCUT2D eigenvalue weighted by Crippen LogP contribution is -2.15. The molecule has 1 heterocycles. The molecule has 0 bridgehead atoms. The monoisotopic (exact) mass is 521 g/mol. The minimum atomic E-state index is -3.84. The zero-order valence-corrected chi connectivity index (χ0v) is 19.5. The topological polar surface area (TPSA) is 64.0 Å². The maximum atomic E-state index is 12.8. The van der Waals surface area contributed by atoms with Crippen LogP contribution in [0.2, 0.25) is 15.1 Å². The summed E-state index contributed by atoms with van der Waals surface area (Å²) in [5.74, 6) is 0.178. The van der Waals surface area contributed by atoms with E-state index in [1.54, 1.807) is 55.1 Å². The van der Waals surface area contributed by atoms with Crippen molar-refractivity contribution in [3.63, 3.8) is 0 Å². The van der Waals surface area contributed by atoms with Crippen molar-refractivity contribution in [1.82, 2.24) is 9.78 Å². The number of halogens is 4. The Morgan fingerprint density at radius 2 is 1.79 bits per heavy atom. The first-order chi connectivity index (χ1) is 13.1. The summed E-state index contributed by atoms with van der Waals surface area (Å²) in [6.45, 7) is 3.80. The summed E-state index contributed by atoms with van der Waals surface area (Å²) >= 11 is 21.5. The van der Waals surface area contributed by atoms with E-state index in [4.69, 9.17) is 34.8 Å². The van der Waals surface area contributed by atoms with E-state index in [0.717, 1.165) is 5.56 Å². The highest BCUT2D eigenvalue weighted by Crippen LogP contribution is 2.28. The van der Waals surface area contributed by atoms with Crippen LogP contribution in [0.1, 0.15) is 16.7 Å². The average Bonchev–Trinajstić information content (AvgIpc) is 2.92. The van der Waals surface area contributed by atoms with E-state index in [9.17, 15) is 8.42 Å². The predicted octanol–water partition coefficient (Wildman–Crippen LogP) is 6.07. The van der Waals surface area contributed by atoms with E-state index in [1.807, 2.05) is 0 Å². The maximum absolute atomic E-state index is 12.8. The van der Waals surface area contributed by atoms with Crippen molar-refractivity contribution < 1.29 is 8.42 Å². The summed E-state index contributed by atoms with van der Waals surface area (Å²) in [5, 5.41) is 5.87. The number of aromatic nitrogens is 2. The molecule has 0 atom stereocenters. The van der Waals surface area contributed by atoms with Gasteiger partial charge in [0.25, 0.3) is 10.0 Å². The van der Waals surface area contributed by atoms with Gasteiger partial charge in [0.2, 0.25) is 0 Å². The quantitative estimate of drug-likeness (QED) is 0.441. The first kappa shape index (κ1) is 21.5. The molecule has 1 aromatic heterocycles. The molecule has 0 unspecified atom stereocenters. The number of aryl methyl sites for hydroxylation is 2. The van der Waals surface area contributed by atoms with Crippen LogP contribution in [0.15, 0.2) is 45.9 Å². The SMILES string of the molecule is Cc1cc(S(=O)(=O)Nc2nn(Cc3ccc(Cl)cc3Cl)cc2Br)c(C)cc1Cl. The van der Waals surface area contributed by atoms with Crippen LogP contribution in [-0.2, 0) is 16.6 Å². The Kier molecular flexibility index (Phi) is 6.32. The molecule has 0 fully saturated rings. The van der Waals surface area contributed by atoms with E-state index in [-0.39, 0.29) is 10.7 Å². The Morgan fingerprint density at radius 1 is 1.07 bits per heavy atom. The second-order valence-electron chi connectivity index (χ2n) is 6.23. The van der Waals surface area contributed by atoms with Crippen LogP contribution in [-0.4, -0.2) is 18.2 Å². The number of anilines is 1. The molecule has 0 aliphatic carbocycles. The lowest BCUT2D eigenvalue weighted by molar-refractivity contribution is 0.600. The van der Waals surface area contributed by atoms with Crippen LogP contribution in [0, 0.1) is 13.8 Å². The molecule has 0 amide bonds. The van der Waals surface area contributed by atoms with Crippen LogP contribution in [0.3, 0.4) is 0 Å². The molecule has 2 aromatic carbocycles. The van der Waals surface area contributed by atoms with E-state index in [0.29, 0.717) is 37.2 Å². The Balaban J connectivity index is 1.88. The van der Waals surface area contributed by atoms with Gasteiger partial charge in [-0.05, 0) is 70.7 Å². The number of sulfonamides is 1. The van der Waals surface area contributed by atoms with Gasteiger partial charge in [0.15, 0.2) is 5.82 Å². The van der Waals surface area contributed by atoms with Crippen molar-refractivity contribution in [2.45, 2.75) is 25.3 Å². The molecule has 0 saturated heterocycles. The molecule has 0 aliphatic heterocycles. The minimum Gasteiger partial charge on any atom is -0.265 e. The Bertz CT molecular complexity index is 1160. The molecular formula is C18H15BrCl3N3O2S. The van der Waals surface area contributed by atoms with Crippen molar-refractivity contribution in [3.8, 4) is 0 Å². The number of hydrogen-bond donors (Lipinski definition) is 1. The largest absolute Gasteiger partial charge is 0.265 e. The van der Waals surface area contributed by atoms with Crippen LogP contribution >= 0.6 is 50.7 Å². The van der Waals surface area contributed by atoms with Crippen LogP contribution in [0.5, 0.6) is 0 Å². The molecule has 3 rings (SSSR count). The van der Waals surface area contributed by atoms with Gasteiger partial charge in [-0.1, -0.05) is 40.9 Å². The molecule has 10 heteroatoms. The van der Waals surface area contributed by atoms with Crippen molar-refractivity contribution in [1.29, 1.82) is 0 Å². The van der Waals surface area contributed by atoms with Gasteiger partial charge >= 0.3 is 0 Å². The summed E-state index contributed by atoms with van der Waals surface area (Å²) in [5.41, 5.74) is 2.03. The third kappa shape index (κ3) is 4.66. The molecule has 0 radical (unpaired) electrons. The fourth-order valence-electron chi connectivity index (χ4n) is 2.60. The molecular weight excluding hydrogens is 509 g/mol. The third-order valence-electron chi connectivity index (χ3n) is 4.04. The van der Waals surface area contributed by atoms with E-state index < -0.39 is 10.0 Å². The minimum absolute atomic E-state index is 0.150. The molecule has 148 valence electrons. The second kappa shape index (κ2) is 8.24. The standard InChI is InChI=1S/C18H15BrCl3N3O2S/c1-10-6-17(11(2)5-15(10)21)28(26,27)24-18-14(19)9-25(23-18)8-12-3-4-13(20)7-16(12)22/h3-7,9H,8H2,1-2H3,(H,23,24). The van der Waals surface area contributed by atoms with Gasteiger partial charge in [-0.2, -0.15) is 5.10 Å². The summed E-state index contributed by atoms with van der Waals surface area (Å²) in [7, 11) is -3.84. The maximum Gasteiger partial charge on any atom is 0.263 e. The van der Waals surface area contributed by atoms with Gasteiger partial charge in [-0.25, -0.2) is 8.42 Å². The third-order valence-corrected chi connectivity index (χ3v) is 7.10. The highest BCUT2D eigenvalue weighted by atomic mass is 79.9. The summed E-state index contributed by atoms with van der Waals surface area (Å²) < 4.78 is 30.3. The fourth-order valence-corrected chi connectivity index (χ4v) is 5.16. The van der Waals surface area contributed by atoms with Crippen LogP contribution in [0.4, 0.5) is 5.82 Å². The molecule has 0 saturated carbocycles. The highest BCUT2D eigenvalue weighted by molar-refractivity contribution is 9.10. The summed E-state index contributed by atoms with van der Waals surface area (Å²) in [6.07, 6.45) is 1.67. The second-order valence-corrected chi connectivity index (χ2v) is 9.99. The zero-order valence-electron chi connectivity index (χ0n) is 14.8. The van der Waals surface area contributed by atoms with Gasteiger partial charge in [-0.3, -0.25) is 9.40 Å². The van der Waals surface area contributed by atoms with Crippen molar-refractivity contribution in [2.75, 3.05) is 4.72 Å². The van der Waals surface area contributed by atoms with Gasteiger partial charge in [0.1, 0.15) is 0 Å². The summed E-state index contributed by atoms with van der Waals surface area (Å²) in [6, 6.07) is 8.34. The molecule has 0 spiro atoms. The van der Waals surface area contributed by atoms with Gasteiger partial charge in [0, 0.05) is 21.3 Å². The van der Waals surface area contributed by atoms with Crippen LogP contribution < -0.4 is 4.72 Å². The van der Waals surface area contributed by atoms with E-state index >= 15 is 0 Å². The van der Waals surface area contributed by atoms with E-state index in [1.165, 1.54) is 0 Å². The predicted molar refractivity (Wildman–Crippen MR) is 117 cm³/mol. The lowest BCUT2D eigenvalue weighted by Gasteiger charge is -2.11. The van der Waals surface area contributed by atoms with Gasteiger partial charge < -0.3 is 0 Å². The van der Waals surface area contributed by atoms with E-state index in [2.05, 4.69) is 25.8 Å². The number of benzene rings is 2. The molecule has 5 nitrogen and oxygen atoms in total. The van der Waals surface area contributed by atoms with Crippen LogP contribution in [0.25, 0.3) is 0 Å². The Morgan fingerprint density at radius 3 is 2.46 bits per heavy atom. The normalized spacial score (nSPS) is 11.6. The van der Waals surface area contributed by atoms with Crippen molar-refractivity contribution in [2.24, 2.45) is 0 Å². The summed E-state index contributed by atoms with van der Waals surface area (Å²) in [4.78, 5) is 0.150. The smallest absolute Gasteiger partial charge is 0.263 e. The fraction of sp³-hybridized carbons (Fsp3) is 0.167. The number of nitrogens with zero attached hydrogens (tertiary/aromatic N) is 2. The molecule has 1 N–H and O–H groups in total. The zero-order chi connectivity index (χ0) is 20.6. The first-order valence-electron chi connectivity index (χ1n) is 8.03. The van der Waals surface area contributed by atoms with Gasteiger partial charge in [0.05, 0.1) is 15.9 Å². The molecule has 28 heavy (non-hydrogen) atoms. The Hall–Kier alpha value is -1.25. The number of rotatable bonds is 5.